The average Bonchev–Trinajstić information content (AvgIpc) is 3.53. The number of amides is 2. The minimum Gasteiger partial charge on any atom is -0.360 e. The molecule has 4 atom stereocenters. The Hall–Kier alpha value is -2.93. The van der Waals surface area contributed by atoms with Gasteiger partial charge in [-0.2, -0.15) is 5.10 Å². The SMILES string of the molecule is Cc1ccc(CCN2C[C@]34C=C[C@H](O3)[C@H](C(=O)N3CCc5[nH]ncc5C3)[C@@H]4C2=O)cc1. The summed E-state index contributed by atoms with van der Waals surface area (Å²) in [6.07, 6.45) is 7.08. The Labute approximate surface area is 181 Å². The number of aromatic amines is 1. The predicted molar refractivity (Wildman–Crippen MR) is 113 cm³/mol. The van der Waals surface area contributed by atoms with E-state index in [0.29, 0.717) is 26.2 Å². The van der Waals surface area contributed by atoms with Crippen LogP contribution in [-0.4, -0.2) is 63.2 Å². The van der Waals surface area contributed by atoms with Gasteiger partial charge < -0.3 is 14.5 Å². The molecule has 0 unspecified atom stereocenters. The first-order chi connectivity index (χ1) is 15.0. The van der Waals surface area contributed by atoms with Crippen LogP contribution in [0.2, 0.25) is 0 Å². The van der Waals surface area contributed by atoms with E-state index in [9.17, 15) is 9.59 Å². The van der Waals surface area contributed by atoms with E-state index in [2.05, 4.69) is 41.4 Å². The largest absolute Gasteiger partial charge is 0.360 e. The van der Waals surface area contributed by atoms with Crippen molar-refractivity contribution in [1.82, 2.24) is 20.0 Å². The Morgan fingerprint density at radius 3 is 3.00 bits per heavy atom. The number of carbonyl (C=O) groups is 2. The molecule has 7 heteroatoms. The lowest BCUT2D eigenvalue weighted by atomic mass is 9.76. The monoisotopic (exact) mass is 418 g/mol. The van der Waals surface area contributed by atoms with Crippen molar-refractivity contribution in [2.45, 2.75) is 38.0 Å². The first-order valence-electron chi connectivity index (χ1n) is 11.1. The standard InChI is InChI=1S/C24H26N4O3/c1-15-2-4-16(5-3-15)7-10-28-14-24-9-6-19(31-24)20(21(24)23(28)30)22(29)27-11-8-18-17(13-27)12-25-26-18/h2-6,9,12,19-21H,7-8,10-11,13-14H2,1H3,(H,25,26)/t19-,20-,21+,24-/m0/s1. The molecule has 0 aliphatic carbocycles. The molecule has 0 radical (unpaired) electrons. The van der Waals surface area contributed by atoms with Crippen LogP contribution in [0.5, 0.6) is 0 Å². The van der Waals surface area contributed by atoms with E-state index in [1.807, 2.05) is 22.0 Å². The molecule has 2 saturated heterocycles. The molecule has 1 N–H and O–H groups in total. The van der Waals surface area contributed by atoms with Crippen LogP contribution in [0.1, 0.15) is 22.4 Å². The molecule has 5 heterocycles. The molecule has 2 fully saturated rings. The number of hydrogen-bond donors (Lipinski definition) is 1. The van der Waals surface area contributed by atoms with Crippen LogP contribution in [0, 0.1) is 18.8 Å². The Balaban J connectivity index is 1.20. The fourth-order valence-corrected chi connectivity index (χ4v) is 5.69. The summed E-state index contributed by atoms with van der Waals surface area (Å²) in [5.41, 5.74) is 3.96. The van der Waals surface area contributed by atoms with Gasteiger partial charge >= 0.3 is 0 Å². The van der Waals surface area contributed by atoms with Crippen molar-refractivity contribution in [1.29, 1.82) is 0 Å². The van der Waals surface area contributed by atoms with Crippen molar-refractivity contribution in [3.63, 3.8) is 0 Å². The molecule has 160 valence electrons. The number of nitrogens with one attached hydrogen (secondary N) is 1. The average molecular weight is 418 g/mol. The zero-order chi connectivity index (χ0) is 21.2. The van der Waals surface area contributed by atoms with E-state index in [1.54, 1.807) is 6.20 Å². The normalized spacial score (nSPS) is 30.7. The molecule has 1 spiro atoms. The maximum absolute atomic E-state index is 13.5. The molecule has 2 aromatic rings. The van der Waals surface area contributed by atoms with Crippen LogP contribution in [0.3, 0.4) is 0 Å². The molecular formula is C24H26N4O3. The van der Waals surface area contributed by atoms with E-state index >= 15 is 0 Å². The van der Waals surface area contributed by atoms with Crippen molar-refractivity contribution in [3.8, 4) is 0 Å². The van der Waals surface area contributed by atoms with Gasteiger partial charge in [-0.05, 0) is 18.9 Å². The number of fused-ring (bicyclic) bond motifs is 2. The summed E-state index contributed by atoms with van der Waals surface area (Å²) in [6, 6.07) is 8.43. The van der Waals surface area contributed by atoms with Crippen molar-refractivity contribution < 1.29 is 14.3 Å². The van der Waals surface area contributed by atoms with Crippen molar-refractivity contribution in [2.75, 3.05) is 19.6 Å². The summed E-state index contributed by atoms with van der Waals surface area (Å²) in [7, 11) is 0. The van der Waals surface area contributed by atoms with Gasteiger partial charge in [-0.3, -0.25) is 14.7 Å². The lowest BCUT2D eigenvalue weighted by molar-refractivity contribution is -0.143. The predicted octanol–water partition coefficient (Wildman–Crippen LogP) is 1.63. The number of hydrogen-bond acceptors (Lipinski definition) is 4. The Bertz CT molecular complexity index is 1070. The number of ether oxygens (including phenoxy) is 1. The van der Waals surface area contributed by atoms with Crippen molar-refractivity contribution in [3.05, 3.63) is 65.0 Å². The Kier molecular flexibility index (Phi) is 4.12. The first-order valence-corrected chi connectivity index (χ1v) is 11.1. The number of rotatable bonds is 4. The topological polar surface area (TPSA) is 78.5 Å². The quantitative estimate of drug-likeness (QED) is 0.766. The van der Waals surface area contributed by atoms with Crippen LogP contribution in [0.4, 0.5) is 0 Å². The minimum absolute atomic E-state index is 0.0295. The summed E-state index contributed by atoms with van der Waals surface area (Å²) < 4.78 is 6.29. The summed E-state index contributed by atoms with van der Waals surface area (Å²) >= 11 is 0. The molecule has 1 aromatic carbocycles. The molecular weight excluding hydrogens is 392 g/mol. The minimum atomic E-state index is -0.647. The van der Waals surface area contributed by atoms with Crippen LogP contribution in [0.15, 0.2) is 42.6 Å². The van der Waals surface area contributed by atoms with E-state index in [-0.39, 0.29) is 17.9 Å². The van der Waals surface area contributed by atoms with Crippen LogP contribution in [-0.2, 0) is 33.7 Å². The second-order valence-electron chi connectivity index (χ2n) is 9.28. The number of aryl methyl sites for hydroxylation is 1. The summed E-state index contributed by atoms with van der Waals surface area (Å²) in [5.74, 6) is -0.769. The van der Waals surface area contributed by atoms with Crippen LogP contribution < -0.4 is 0 Å². The van der Waals surface area contributed by atoms with E-state index in [1.165, 1.54) is 11.1 Å². The second kappa shape index (κ2) is 6.79. The summed E-state index contributed by atoms with van der Waals surface area (Å²) in [4.78, 5) is 30.7. The molecule has 0 saturated carbocycles. The summed E-state index contributed by atoms with van der Waals surface area (Å²) in [6.45, 7) is 4.44. The van der Waals surface area contributed by atoms with Gasteiger partial charge in [-0.15, -0.1) is 0 Å². The lowest BCUT2D eigenvalue weighted by Crippen LogP contribution is -2.47. The van der Waals surface area contributed by atoms with Crippen LogP contribution in [0.25, 0.3) is 0 Å². The van der Waals surface area contributed by atoms with Gasteiger partial charge in [0.15, 0.2) is 0 Å². The third kappa shape index (κ3) is 2.86. The maximum Gasteiger partial charge on any atom is 0.230 e. The van der Waals surface area contributed by atoms with Gasteiger partial charge in [-0.1, -0.05) is 42.0 Å². The van der Waals surface area contributed by atoms with Gasteiger partial charge in [0.05, 0.1) is 30.7 Å². The summed E-state index contributed by atoms with van der Waals surface area (Å²) in [5, 5.41) is 7.11. The van der Waals surface area contributed by atoms with E-state index in [0.717, 1.165) is 24.1 Å². The van der Waals surface area contributed by atoms with Gasteiger partial charge in [0.2, 0.25) is 11.8 Å². The third-order valence-corrected chi connectivity index (χ3v) is 7.37. The Morgan fingerprint density at radius 1 is 1.32 bits per heavy atom. The molecule has 1 aromatic heterocycles. The number of nitrogens with zero attached hydrogens (tertiary/aromatic N) is 3. The third-order valence-electron chi connectivity index (χ3n) is 7.37. The number of benzene rings is 1. The van der Waals surface area contributed by atoms with Gasteiger partial charge in [-0.25, -0.2) is 0 Å². The van der Waals surface area contributed by atoms with Gasteiger partial charge in [0, 0.05) is 37.3 Å². The molecule has 2 amide bonds. The highest BCUT2D eigenvalue weighted by Gasteiger charge is 2.67. The highest BCUT2D eigenvalue weighted by atomic mass is 16.5. The van der Waals surface area contributed by atoms with Gasteiger partial charge in [0.25, 0.3) is 0 Å². The zero-order valence-corrected chi connectivity index (χ0v) is 17.6. The number of H-pyrrole nitrogens is 1. The van der Waals surface area contributed by atoms with Crippen molar-refractivity contribution >= 4 is 11.8 Å². The van der Waals surface area contributed by atoms with E-state index in [4.69, 9.17) is 4.74 Å². The molecule has 4 aliphatic heterocycles. The van der Waals surface area contributed by atoms with Crippen LogP contribution >= 0.6 is 0 Å². The van der Waals surface area contributed by atoms with E-state index < -0.39 is 17.4 Å². The smallest absolute Gasteiger partial charge is 0.230 e. The lowest BCUT2D eigenvalue weighted by Gasteiger charge is -2.32. The zero-order valence-electron chi connectivity index (χ0n) is 17.6. The number of aromatic nitrogens is 2. The first kappa shape index (κ1) is 18.8. The molecule has 6 rings (SSSR count). The molecule has 31 heavy (non-hydrogen) atoms. The van der Waals surface area contributed by atoms with Gasteiger partial charge in [0.1, 0.15) is 5.60 Å². The molecule has 2 bridgehead atoms. The molecule has 4 aliphatic rings. The second-order valence-corrected chi connectivity index (χ2v) is 9.28. The fourth-order valence-electron chi connectivity index (χ4n) is 5.69. The Morgan fingerprint density at radius 2 is 2.16 bits per heavy atom. The van der Waals surface area contributed by atoms with Crippen molar-refractivity contribution in [2.24, 2.45) is 11.8 Å². The molecule has 7 nitrogen and oxygen atoms in total. The number of carbonyl (C=O) groups excluding carboxylic acids is 2. The highest BCUT2D eigenvalue weighted by molar-refractivity contribution is 5.93. The fraction of sp³-hybridized carbons (Fsp3) is 0.458. The number of likely N-dealkylation sites (tertiary alicyclic amines) is 1. The highest BCUT2D eigenvalue weighted by Crippen LogP contribution is 2.52. The maximum atomic E-state index is 13.5.